The van der Waals surface area contributed by atoms with Crippen LogP contribution in [-0.2, 0) is 0 Å². The molecule has 2 aliphatic rings. The first-order valence-electron chi connectivity index (χ1n) is 9.84. The number of ether oxygens (including phenoxy) is 1. The van der Waals surface area contributed by atoms with Gasteiger partial charge in [-0.25, -0.2) is 4.79 Å². The van der Waals surface area contributed by atoms with Gasteiger partial charge in [-0.3, -0.25) is 0 Å². The number of rotatable bonds is 7. The predicted octanol–water partition coefficient (Wildman–Crippen LogP) is 3.71. The van der Waals surface area contributed by atoms with Crippen molar-refractivity contribution in [3.63, 3.8) is 0 Å². The number of urea groups is 1. The number of hydrogen-bond acceptors (Lipinski definition) is 3. The van der Waals surface area contributed by atoms with E-state index in [2.05, 4.69) is 27.7 Å². The number of nitrogens with zero attached hydrogens (tertiary/aromatic N) is 1. The van der Waals surface area contributed by atoms with Crippen molar-refractivity contribution in [1.82, 2.24) is 10.6 Å². The number of para-hydroxylation sites is 2. The van der Waals surface area contributed by atoms with E-state index in [1.54, 1.807) is 7.11 Å². The van der Waals surface area contributed by atoms with Gasteiger partial charge < -0.3 is 20.3 Å². The van der Waals surface area contributed by atoms with Crippen LogP contribution in [0.3, 0.4) is 0 Å². The van der Waals surface area contributed by atoms with Crippen molar-refractivity contribution in [2.24, 2.45) is 5.92 Å². The highest BCUT2D eigenvalue weighted by molar-refractivity contribution is 5.73. The van der Waals surface area contributed by atoms with E-state index in [1.165, 1.54) is 31.3 Å². The Bertz CT molecular complexity index is 629. The molecule has 1 aromatic rings. The van der Waals surface area contributed by atoms with E-state index in [4.69, 9.17) is 4.74 Å². The number of methoxy groups -OCH3 is 1. The maximum absolute atomic E-state index is 12.0. The summed E-state index contributed by atoms with van der Waals surface area (Å²) in [5.74, 6) is 1.39. The summed E-state index contributed by atoms with van der Waals surface area (Å²) in [4.78, 5) is 14.4. The number of anilines is 1. The Labute approximate surface area is 156 Å². The molecular weight excluding hydrogens is 326 g/mol. The van der Waals surface area contributed by atoms with E-state index in [0.29, 0.717) is 5.92 Å². The number of benzene rings is 1. The van der Waals surface area contributed by atoms with Gasteiger partial charge in [-0.2, -0.15) is 0 Å². The molecule has 1 fully saturated rings. The third-order valence-electron chi connectivity index (χ3n) is 5.38. The zero-order valence-corrected chi connectivity index (χ0v) is 15.8. The molecule has 0 bridgehead atoms. The third-order valence-corrected chi connectivity index (χ3v) is 5.38. The lowest BCUT2D eigenvalue weighted by molar-refractivity contribution is 0.239. The molecule has 2 amide bonds. The fourth-order valence-corrected chi connectivity index (χ4v) is 3.88. The van der Waals surface area contributed by atoms with Crippen LogP contribution in [0.2, 0.25) is 0 Å². The highest BCUT2D eigenvalue weighted by Gasteiger charge is 2.24. The Morgan fingerprint density at radius 1 is 1.27 bits per heavy atom. The fourth-order valence-electron chi connectivity index (χ4n) is 3.88. The van der Waals surface area contributed by atoms with Crippen LogP contribution in [0.25, 0.3) is 0 Å². The first-order chi connectivity index (χ1) is 12.8. The molecule has 1 aromatic carbocycles. The highest BCUT2D eigenvalue weighted by atomic mass is 16.5. The van der Waals surface area contributed by atoms with E-state index in [9.17, 15) is 4.79 Å². The van der Waals surface area contributed by atoms with E-state index in [1.807, 2.05) is 18.2 Å². The third kappa shape index (κ3) is 5.16. The van der Waals surface area contributed by atoms with Crippen molar-refractivity contribution >= 4 is 11.7 Å². The summed E-state index contributed by atoms with van der Waals surface area (Å²) in [6, 6.07) is 8.08. The summed E-state index contributed by atoms with van der Waals surface area (Å²) in [6.07, 6.45) is 9.42. The SMILES string of the molecule is COc1ccccc1N1CCC(CNC(=O)NCCC2=CCCCC2)C1. The Morgan fingerprint density at radius 3 is 2.96 bits per heavy atom. The molecule has 1 unspecified atom stereocenters. The lowest BCUT2D eigenvalue weighted by atomic mass is 9.97. The second-order valence-electron chi connectivity index (χ2n) is 7.27. The number of nitrogens with one attached hydrogen (secondary N) is 2. The minimum atomic E-state index is -0.0443. The van der Waals surface area contributed by atoms with Crippen molar-refractivity contribution in [3.8, 4) is 5.75 Å². The number of allylic oxidation sites excluding steroid dienone is 1. The minimum absolute atomic E-state index is 0.0443. The second-order valence-corrected chi connectivity index (χ2v) is 7.27. The maximum Gasteiger partial charge on any atom is 0.314 e. The number of hydrogen-bond donors (Lipinski definition) is 2. The van der Waals surface area contributed by atoms with Gasteiger partial charge in [-0.15, -0.1) is 0 Å². The highest BCUT2D eigenvalue weighted by Crippen LogP contribution is 2.31. The molecular formula is C21H31N3O2. The largest absolute Gasteiger partial charge is 0.495 e. The molecule has 3 rings (SSSR count). The van der Waals surface area contributed by atoms with Gasteiger partial charge in [0.15, 0.2) is 0 Å². The van der Waals surface area contributed by atoms with Crippen LogP contribution in [0.5, 0.6) is 5.75 Å². The average Bonchev–Trinajstić information content (AvgIpc) is 3.16. The monoisotopic (exact) mass is 357 g/mol. The van der Waals surface area contributed by atoms with Crippen LogP contribution < -0.4 is 20.3 Å². The summed E-state index contributed by atoms with van der Waals surface area (Å²) < 4.78 is 5.46. The first-order valence-corrected chi connectivity index (χ1v) is 9.84. The Hall–Kier alpha value is -2.17. The normalized spacial score (nSPS) is 19.8. The summed E-state index contributed by atoms with van der Waals surface area (Å²) in [5, 5.41) is 6.03. The molecule has 5 heteroatoms. The lowest BCUT2D eigenvalue weighted by Crippen LogP contribution is -2.39. The Balaban J connectivity index is 1.36. The standard InChI is InChI=1S/C21H31N3O2/c1-26-20-10-6-5-9-19(20)24-14-12-18(16-24)15-23-21(25)22-13-11-17-7-3-2-4-8-17/h5-7,9-10,18H,2-4,8,11-16H2,1H3,(H2,22,23,25). The molecule has 1 heterocycles. The van der Waals surface area contributed by atoms with Gasteiger partial charge >= 0.3 is 6.03 Å². The van der Waals surface area contributed by atoms with Crippen LogP contribution in [0, 0.1) is 5.92 Å². The van der Waals surface area contributed by atoms with Crippen LogP contribution in [0.1, 0.15) is 38.5 Å². The number of amides is 2. The summed E-state index contributed by atoms with van der Waals surface area (Å²) in [5.41, 5.74) is 2.64. The van der Waals surface area contributed by atoms with Gasteiger partial charge in [-0.1, -0.05) is 23.8 Å². The molecule has 0 saturated carbocycles. The topological polar surface area (TPSA) is 53.6 Å². The first kappa shape index (κ1) is 18.6. The van der Waals surface area contributed by atoms with Gasteiger partial charge in [0.1, 0.15) is 5.75 Å². The van der Waals surface area contributed by atoms with E-state index < -0.39 is 0 Å². The average molecular weight is 357 g/mol. The molecule has 2 N–H and O–H groups in total. The predicted molar refractivity (Wildman–Crippen MR) is 106 cm³/mol. The fraction of sp³-hybridized carbons (Fsp3) is 0.571. The van der Waals surface area contributed by atoms with E-state index in [0.717, 1.165) is 50.5 Å². The summed E-state index contributed by atoms with van der Waals surface area (Å²) in [6.45, 7) is 3.41. The Morgan fingerprint density at radius 2 is 2.15 bits per heavy atom. The van der Waals surface area contributed by atoms with Gasteiger partial charge in [0.2, 0.25) is 0 Å². The van der Waals surface area contributed by atoms with Crippen molar-refractivity contribution in [2.45, 2.75) is 38.5 Å². The van der Waals surface area contributed by atoms with Crippen LogP contribution in [0.4, 0.5) is 10.5 Å². The van der Waals surface area contributed by atoms with Crippen molar-refractivity contribution < 1.29 is 9.53 Å². The van der Waals surface area contributed by atoms with Crippen LogP contribution >= 0.6 is 0 Å². The molecule has 0 aromatic heterocycles. The number of carbonyl (C=O) groups excluding carboxylic acids is 1. The van der Waals surface area contributed by atoms with Crippen molar-refractivity contribution in [1.29, 1.82) is 0 Å². The summed E-state index contributed by atoms with van der Waals surface area (Å²) >= 11 is 0. The zero-order valence-electron chi connectivity index (χ0n) is 15.8. The van der Waals surface area contributed by atoms with Gasteiger partial charge in [0.05, 0.1) is 12.8 Å². The van der Waals surface area contributed by atoms with Crippen molar-refractivity contribution in [2.75, 3.05) is 38.2 Å². The van der Waals surface area contributed by atoms with E-state index >= 15 is 0 Å². The van der Waals surface area contributed by atoms with Crippen LogP contribution in [0.15, 0.2) is 35.9 Å². The van der Waals surface area contributed by atoms with Crippen molar-refractivity contribution in [3.05, 3.63) is 35.9 Å². The van der Waals surface area contributed by atoms with Gasteiger partial charge in [-0.05, 0) is 56.6 Å². The molecule has 1 aliphatic carbocycles. The molecule has 142 valence electrons. The van der Waals surface area contributed by atoms with E-state index in [-0.39, 0.29) is 6.03 Å². The molecule has 5 nitrogen and oxygen atoms in total. The molecule has 0 spiro atoms. The zero-order chi connectivity index (χ0) is 18.2. The van der Waals surface area contributed by atoms with Crippen LogP contribution in [-0.4, -0.2) is 39.3 Å². The molecule has 0 radical (unpaired) electrons. The lowest BCUT2D eigenvalue weighted by Gasteiger charge is -2.21. The second kappa shape index (κ2) is 9.51. The van der Waals surface area contributed by atoms with Gasteiger partial charge in [0, 0.05) is 26.2 Å². The Kier molecular flexibility index (Phi) is 6.81. The molecule has 1 atom stereocenters. The molecule has 1 saturated heterocycles. The molecule has 26 heavy (non-hydrogen) atoms. The maximum atomic E-state index is 12.0. The smallest absolute Gasteiger partial charge is 0.314 e. The summed E-state index contributed by atoms with van der Waals surface area (Å²) in [7, 11) is 1.71. The minimum Gasteiger partial charge on any atom is -0.495 e. The molecule has 1 aliphatic heterocycles. The number of carbonyl (C=O) groups is 1. The van der Waals surface area contributed by atoms with Gasteiger partial charge in [0.25, 0.3) is 0 Å². The quantitative estimate of drug-likeness (QED) is 0.732.